The van der Waals surface area contributed by atoms with E-state index < -0.39 is 0 Å². The molecule has 1 N–H and O–H groups in total. The van der Waals surface area contributed by atoms with Crippen molar-refractivity contribution in [3.8, 4) is 5.75 Å². The number of benzene rings is 1. The first-order chi connectivity index (χ1) is 10.4. The quantitative estimate of drug-likeness (QED) is 0.928. The molecule has 0 unspecified atom stereocenters. The van der Waals surface area contributed by atoms with Gasteiger partial charge in [0.15, 0.2) is 0 Å². The predicted octanol–water partition coefficient (Wildman–Crippen LogP) is 2.44. The molecular weight excluding hydrogens is 280 g/mol. The van der Waals surface area contributed by atoms with E-state index in [-0.39, 0.29) is 24.2 Å². The van der Waals surface area contributed by atoms with E-state index in [1.807, 2.05) is 45.9 Å². The minimum absolute atomic E-state index is 0.0230. The van der Waals surface area contributed by atoms with E-state index in [1.54, 1.807) is 7.11 Å². The van der Waals surface area contributed by atoms with Gasteiger partial charge in [-0.1, -0.05) is 6.07 Å². The lowest BCUT2D eigenvalue weighted by molar-refractivity contribution is -0.126. The number of methoxy groups -OCH3 is 1. The number of aryl methyl sites for hydroxylation is 1. The molecule has 5 nitrogen and oxygen atoms in total. The van der Waals surface area contributed by atoms with Gasteiger partial charge in [-0.3, -0.25) is 9.69 Å². The molecule has 1 heterocycles. The Morgan fingerprint density at radius 1 is 1.36 bits per heavy atom. The summed E-state index contributed by atoms with van der Waals surface area (Å²) in [6.07, 6.45) is 0.292. The third-order valence-corrected chi connectivity index (χ3v) is 3.99. The highest BCUT2D eigenvalue weighted by Crippen LogP contribution is 2.25. The molecule has 2 rings (SSSR count). The Hall–Kier alpha value is -1.59. The fraction of sp³-hybridized carbons (Fsp3) is 0.588. The summed E-state index contributed by atoms with van der Waals surface area (Å²) in [4.78, 5) is 14.7. The zero-order chi connectivity index (χ0) is 16.3. The van der Waals surface area contributed by atoms with Crippen molar-refractivity contribution in [2.75, 3.05) is 25.5 Å². The zero-order valence-corrected chi connectivity index (χ0v) is 14.1. The van der Waals surface area contributed by atoms with Gasteiger partial charge in [-0.05, 0) is 45.4 Å². The standard InChI is InChI=1S/C17H26N2O3/c1-11-6-7-16(21-5)15(8-11)18-17(20)14(4)19-9-12(2)22-13(3)10-19/h6-8,12-14H,9-10H2,1-5H3,(H,18,20)/t12-,13+,14-/m1/s1. The number of rotatable bonds is 4. The van der Waals surface area contributed by atoms with Crippen molar-refractivity contribution in [3.63, 3.8) is 0 Å². The Kier molecular flexibility index (Phi) is 5.42. The smallest absolute Gasteiger partial charge is 0.241 e. The maximum atomic E-state index is 12.6. The lowest BCUT2D eigenvalue weighted by atomic mass is 10.1. The summed E-state index contributed by atoms with van der Waals surface area (Å²) in [6, 6.07) is 5.55. The van der Waals surface area contributed by atoms with Crippen molar-refractivity contribution in [2.24, 2.45) is 0 Å². The monoisotopic (exact) mass is 306 g/mol. The molecule has 1 aromatic carbocycles. The zero-order valence-electron chi connectivity index (χ0n) is 14.1. The van der Waals surface area contributed by atoms with Gasteiger partial charge in [-0.2, -0.15) is 0 Å². The number of hydrogen-bond acceptors (Lipinski definition) is 4. The number of carbonyl (C=O) groups is 1. The van der Waals surface area contributed by atoms with Crippen LogP contribution in [0.3, 0.4) is 0 Å². The summed E-state index contributed by atoms with van der Waals surface area (Å²) in [7, 11) is 1.61. The second-order valence-electron chi connectivity index (χ2n) is 6.08. The van der Waals surface area contributed by atoms with Gasteiger partial charge in [0.1, 0.15) is 5.75 Å². The van der Waals surface area contributed by atoms with Crippen LogP contribution in [0.5, 0.6) is 5.75 Å². The number of carbonyl (C=O) groups excluding carboxylic acids is 1. The van der Waals surface area contributed by atoms with Crippen molar-refractivity contribution in [3.05, 3.63) is 23.8 Å². The first-order valence-electron chi connectivity index (χ1n) is 7.75. The highest BCUT2D eigenvalue weighted by molar-refractivity contribution is 5.96. The Labute approximate surface area is 132 Å². The lowest BCUT2D eigenvalue weighted by Crippen LogP contribution is -2.52. The van der Waals surface area contributed by atoms with E-state index in [4.69, 9.17) is 9.47 Å². The van der Waals surface area contributed by atoms with E-state index in [1.165, 1.54) is 0 Å². The fourth-order valence-electron chi connectivity index (χ4n) is 2.86. The third-order valence-electron chi connectivity index (χ3n) is 3.99. The number of amides is 1. The molecule has 122 valence electrons. The molecule has 1 fully saturated rings. The second-order valence-corrected chi connectivity index (χ2v) is 6.08. The Morgan fingerprint density at radius 2 is 2.00 bits per heavy atom. The van der Waals surface area contributed by atoms with Gasteiger partial charge < -0.3 is 14.8 Å². The van der Waals surface area contributed by atoms with Crippen molar-refractivity contribution in [2.45, 2.75) is 45.9 Å². The van der Waals surface area contributed by atoms with Crippen molar-refractivity contribution in [1.29, 1.82) is 0 Å². The van der Waals surface area contributed by atoms with E-state index >= 15 is 0 Å². The normalized spacial score (nSPS) is 23.9. The summed E-state index contributed by atoms with van der Waals surface area (Å²) in [5.41, 5.74) is 1.80. The number of nitrogens with zero attached hydrogens (tertiary/aromatic N) is 1. The lowest BCUT2D eigenvalue weighted by Gasteiger charge is -2.38. The van der Waals surface area contributed by atoms with Crippen molar-refractivity contribution < 1.29 is 14.3 Å². The third kappa shape index (κ3) is 3.99. The molecule has 1 aliphatic heterocycles. The molecule has 0 bridgehead atoms. The van der Waals surface area contributed by atoms with Crippen LogP contribution in [0.1, 0.15) is 26.3 Å². The Balaban J connectivity index is 2.07. The van der Waals surface area contributed by atoms with Crippen LogP contribution >= 0.6 is 0 Å². The van der Waals surface area contributed by atoms with Gasteiger partial charge in [0.2, 0.25) is 5.91 Å². The molecule has 0 spiro atoms. The molecule has 3 atom stereocenters. The Morgan fingerprint density at radius 3 is 2.59 bits per heavy atom. The van der Waals surface area contributed by atoms with Crippen LogP contribution < -0.4 is 10.1 Å². The van der Waals surface area contributed by atoms with E-state index in [0.717, 1.165) is 18.7 Å². The predicted molar refractivity (Wildman–Crippen MR) is 87.4 cm³/mol. The first-order valence-corrected chi connectivity index (χ1v) is 7.75. The van der Waals surface area contributed by atoms with Crippen LogP contribution in [0.4, 0.5) is 5.69 Å². The molecule has 0 aromatic heterocycles. The summed E-state index contributed by atoms with van der Waals surface area (Å²) in [5, 5.41) is 2.98. The van der Waals surface area contributed by atoms with Crippen LogP contribution in [0.25, 0.3) is 0 Å². The maximum absolute atomic E-state index is 12.6. The number of nitrogens with one attached hydrogen (secondary N) is 1. The summed E-state index contributed by atoms with van der Waals surface area (Å²) in [5.74, 6) is 0.653. The molecule has 5 heteroatoms. The van der Waals surface area contributed by atoms with E-state index in [9.17, 15) is 4.79 Å². The number of morpholine rings is 1. The van der Waals surface area contributed by atoms with Gasteiger partial charge in [0.05, 0.1) is 31.0 Å². The average molecular weight is 306 g/mol. The second kappa shape index (κ2) is 7.11. The molecule has 1 amide bonds. The number of anilines is 1. The van der Waals surface area contributed by atoms with Gasteiger partial charge >= 0.3 is 0 Å². The minimum atomic E-state index is -0.209. The molecule has 22 heavy (non-hydrogen) atoms. The van der Waals surface area contributed by atoms with E-state index in [2.05, 4.69) is 10.2 Å². The van der Waals surface area contributed by atoms with Gasteiger partial charge in [-0.15, -0.1) is 0 Å². The minimum Gasteiger partial charge on any atom is -0.495 e. The van der Waals surface area contributed by atoms with E-state index in [0.29, 0.717) is 11.4 Å². The van der Waals surface area contributed by atoms with Crippen LogP contribution in [0.2, 0.25) is 0 Å². The molecule has 0 aliphatic carbocycles. The van der Waals surface area contributed by atoms with Crippen LogP contribution in [-0.2, 0) is 9.53 Å². The topological polar surface area (TPSA) is 50.8 Å². The van der Waals surface area contributed by atoms with Gasteiger partial charge in [0, 0.05) is 13.1 Å². The molecule has 1 saturated heterocycles. The SMILES string of the molecule is COc1ccc(C)cc1NC(=O)[C@@H](C)N1C[C@@H](C)O[C@@H](C)C1. The highest BCUT2D eigenvalue weighted by Gasteiger charge is 2.29. The van der Waals surface area contributed by atoms with Gasteiger partial charge in [-0.25, -0.2) is 0 Å². The van der Waals surface area contributed by atoms with Crippen LogP contribution in [0, 0.1) is 6.92 Å². The van der Waals surface area contributed by atoms with Crippen molar-refractivity contribution >= 4 is 11.6 Å². The Bertz CT molecular complexity index is 523. The summed E-state index contributed by atoms with van der Waals surface area (Å²) < 4.78 is 11.0. The molecular formula is C17H26N2O3. The van der Waals surface area contributed by atoms with Crippen molar-refractivity contribution in [1.82, 2.24) is 4.90 Å². The van der Waals surface area contributed by atoms with Crippen LogP contribution in [0.15, 0.2) is 18.2 Å². The van der Waals surface area contributed by atoms with Crippen LogP contribution in [-0.4, -0.2) is 49.3 Å². The molecule has 0 saturated carbocycles. The molecule has 1 aromatic rings. The fourth-order valence-corrected chi connectivity index (χ4v) is 2.86. The largest absolute Gasteiger partial charge is 0.495 e. The van der Waals surface area contributed by atoms with Gasteiger partial charge in [0.25, 0.3) is 0 Å². The number of hydrogen-bond donors (Lipinski definition) is 1. The highest BCUT2D eigenvalue weighted by atomic mass is 16.5. The summed E-state index contributed by atoms with van der Waals surface area (Å²) in [6.45, 7) is 9.54. The molecule has 0 radical (unpaired) electrons. The first kappa shape index (κ1) is 16.8. The molecule has 1 aliphatic rings. The maximum Gasteiger partial charge on any atom is 0.241 e. The average Bonchev–Trinajstić information content (AvgIpc) is 2.45. The number of ether oxygens (including phenoxy) is 2. The summed E-state index contributed by atoms with van der Waals surface area (Å²) >= 11 is 0.